The van der Waals surface area contributed by atoms with Crippen molar-refractivity contribution in [3.05, 3.63) is 65.7 Å². The van der Waals surface area contributed by atoms with Crippen LogP contribution in [0.15, 0.2) is 54.6 Å². The van der Waals surface area contributed by atoms with Gasteiger partial charge in [-0.2, -0.15) is 5.26 Å². The highest BCUT2D eigenvalue weighted by atomic mass is 16.5. The summed E-state index contributed by atoms with van der Waals surface area (Å²) in [5, 5.41) is 11.6. The first kappa shape index (κ1) is 21.0. The molecule has 146 valence electrons. The smallest absolute Gasteiger partial charge is 0.258 e. The van der Waals surface area contributed by atoms with Crippen LogP contribution in [0.1, 0.15) is 25.0 Å². The number of likely N-dealkylation sites (N-methyl/N-ethyl adjacent to an activating group) is 1. The average molecular weight is 379 g/mol. The van der Waals surface area contributed by atoms with Gasteiger partial charge in [0.25, 0.3) is 5.91 Å². The Labute approximate surface area is 165 Å². The minimum absolute atomic E-state index is 0.0726. The number of carbonyl (C=O) groups is 2. The molecule has 0 aliphatic carbocycles. The van der Waals surface area contributed by atoms with Gasteiger partial charge in [-0.25, -0.2) is 0 Å². The van der Waals surface area contributed by atoms with Crippen LogP contribution < -0.4 is 10.1 Å². The second kappa shape index (κ2) is 10.1. The Bertz CT molecular complexity index is 826. The fourth-order valence-corrected chi connectivity index (χ4v) is 2.67. The molecule has 6 heteroatoms. The fourth-order valence-electron chi connectivity index (χ4n) is 2.67. The van der Waals surface area contributed by atoms with Crippen molar-refractivity contribution in [2.45, 2.75) is 26.4 Å². The van der Waals surface area contributed by atoms with E-state index in [1.165, 1.54) is 0 Å². The van der Waals surface area contributed by atoms with Crippen LogP contribution in [0.3, 0.4) is 0 Å². The first-order chi connectivity index (χ1) is 13.4. The average Bonchev–Trinajstić information content (AvgIpc) is 2.71. The monoisotopic (exact) mass is 379 g/mol. The van der Waals surface area contributed by atoms with E-state index in [1.807, 2.05) is 44.2 Å². The molecule has 0 saturated heterocycles. The molecule has 2 aromatic carbocycles. The Kier molecular flexibility index (Phi) is 7.58. The minimum atomic E-state index is -0.643. The van der Waals surface area contributed by atoms with Crippen LogP contribution in [-0.4, -0.2) is 36.4 Å². The van der Waals surface area contributed by atoms with E-state index < -0.39 is 6.04 Å². The van der Waals surface area contributed by atoms with Gasteiger partial charge in [0.15, 0.2) is 6.61 Å². The van der Waals surface area contributed by atoms with Crippen LogP contribution in [0.4, 0.5) is 0 Å². The van der Waals surface area contributed by atoms with Gasteiger partial charge in [0, 0.05) is 13.6 Å². The summed E-state index contributed by atoms with van der Waals surface area (Å²) in [6.45, 7) is 4.01. The van der Waals surface area contributed by atoms with E-state index in [9.17, 15) is 9.59 Å². The SMILES string of the molecule is CC(C)C(NC(=O)COc1ccccc1)C(=O)N(C)Cc1ccc(C#N)cc1. The third-order valence-corrected chi connectivity index (χ3v) is 4.24. The first-order valence-electron chi connectivity index (χ1n) is 9.12. The van der Waals surface area contributed by atoms with E-state index in [2.05, 4.69) is 11.4 Å². The van der Waals surface area contributed by atoms with Gasteiger partial charge in [0.2, 0.25) is 5.91 Å². The number of benzene rings is 2. The molecule has 1 atom stereocenters. The quantitative estimate of drug-likeness (QED) is 0.765. The summed E-state index contributed by atoms with van der Waals surface area (Å²) in [6, 6.07) is 17.6. The lowest BCUT2D eigenvalue weighted by atomic mass is 10.0. The van der Waals surface area contributed by atoms with E-state index in [1.54, 1.807) is 36.2 Å². The molecule has 0 saturated carbocycles. The topological polar surface area (TPSA) is 82.4 Å². The highest BCUT2D eigenvalue weighted by molar-refractivity contribution is 5.88. The number of ether oxygens (including phenoxy) is 1. The minimum Gasteiger partial charge on any atom is -0.484 e. The highest BCUT2D eigenvalue weighted by Gasteiger charge is 2.27. The summed E-state index contributed by atoms with van der Waals surface area (Å²) in [4.78, 5) is 26.7. The van der Waals surface area contributed by atoms with Gasteiger partial charge in [-0.15, -0.1) is 0 Å². The number of para-hydroxylation sites is 1. The number of hydrogen-bond acceptors (Lipinski definition) is 4. The van der Waals surface area contributed by atoms with Gasteiger partial charge in [-0.05, 0) is 35.7 Å². The van der Waals surface area contributed by atoms with Crippen LogP contribution in [-0.2, 0) is 16.1 Å². The third-order valence-electron chi connectivity index (χ3n) is 4.24. The zero-order valence-corrected chi connectivity index (χ0v) is 16.4. The van der Waals surface area contributed by atoms with Gasteiger partial charge in [-0.1, -0.05) is 44.2 Å². The lowest BCUT2D eigenvalue weighted by Gasteiger charge is -2.27. The van der Waals surface area contributed by atoms with Crippen molar-refractivity contribution in [2.75, 3.05) is 13.7 Å². The van der Waals surface area contributed by atoms with Crippen LogP contribution in [0.2, 0.25) is 0 Å². The van der Waals surface area contributed by atoms with Crippen molar-refractivity contribution in [1.82, 2.24) is 10.2 Å². The molecule has 0 aromatic heterocycles. The highest BCUT2D eigenvalue weighted by Crippen LogP contribution is 2.11. The molecule has 0 spiro atoms. The Morgan fingerprint density at radius 3 is 2.32 bits per heavy atom. The summed E-state index contributed by atoms with van der Waals surface area (Å²) in [7, 11) is 1.70. The Hall–Kier alpha value is -3.33. The van der Waals surface area contributed by atoms with Gasteiger partial charge in [0.05, 0.1) is 11.6 Å². The van der Waals surface area contributed by atoms with Crippen molar-refractivity contribution < 1.29 is 14.3 Å². The van der Waals surface area contributed by atoms with Gasteiger partial charge in [-0.3, -0.25) is 9.59 Å². The Balaban J connectivity index is 1.94. The molecule has 1 N–H and O–H groups in total. The van der Waals surface area contributed by atoms with Gasteiger partial charge < -0.3 is 15.0 Å². The normalized spacial score (nSPS) is 11.4. The van der Waals surface area contributed by atoms with Crippen molar-refractivity contribution in [1.29, 1.82) is 5.26 Å². The van der Waals surface area contributed by atoms with Crippen molar-refractivity contribution >= 4 is 11.8 Å². The molecular formula is C22H25N3O3. The number of rotatable bonds is 8. The van der Waals surface area contributed by atoms with E-state index >= 15 is 0 Å². The molecule has 0 aliphatic rings. The van der Waals surface area contributed by atoms with Gasteiger partial charge >= 0.3 is 0 Å². The Morgan fingerprint density at radius 1 is 1.11 bits per heavy atom. The predicted molar refractivity (Wildman–Crippen MR) is 106 cm³/mol. The predicted octanol–water partition coefficient (Wildman–Crippen LogP) is 2.74. The lowest BCUT2D eigenvalue weighted by Crippen LogP contribution is -2.51. The number of nitrogens with zero attached hydrogens (tertiary/aromatic N) is 2. The Morgan fingerprint density at radius 2 is 1.75 bits per heavy atom. The second-order valence-corrected chi connectivity index (χ2v) is 6.89. The van der Waals surface area contributed by atoms with E-state index in [4.69, 9.17) is 10.00 Å². The molecule has 0 aliphatic heterocycles. The summed E-state index contributed by atoms with van der Waals surface area (Å²) < 4.78 is 5.44. The molecule has 0 fully saturated rings. The third kappa shape index (κ3) is 6.13. The van der Waals surface area contributed by atoms with Crippen molar-refractivity contribution in [3.63, 3.8) is 0 Å². The molecule has 0 radical (unpaired) electrons. The molecule has 0 bridgehead atoms. The molecular weight excluding hydrogens is 354 g/mol. The maximum absolute atomic E-state index is 12.8. The molecule has 28 heavy (non-hydrogen) atoms. The number of nitriles is 1. The molecule has 1 unspecified atom stereocenters. The maximum atomic E-state index is 12.8. The van der Waals surface area contributed by atoms with Crippen molar-refractivity contribution in [2.24, 2.45) is 5.92 Å². The zero-order valence-electron chi connectivity index (χ0n) is 16.4. The molecule has 2 aromatic rings. The number of nitrogens with one attached hydrogen (secondary N) is 1. The lowest BCUT2D eigenvalue weighted by molar-refractivity contribution is -0.137. The van der Waals surface area contributed by atoms with Crippen LogP contribution in [0.5, 0.6) is 5.75 Å². The number of carbonyl (C=O) groups excluding carboxylic acids is 2. The summed E-state index contributed by atoms with van der Waals surface area (Å²) in [6.07, 6.45) is 0. The fraction of sp³-hybridized carbons (Fsp3) is 0.318. The largest absolute Gasteiger partial charge is 0.484 e. The standard InChI is InChI=1S/C22H25N3O3/c1-16(2)21(24-20(26)15-28-19-7-5-4-6-8-19)22(27)25(3)14-18-11-9-17(13-23)10-12-18/h4-12,16,21H,14-15H2,1-3H3,(H,24,26). The number of amides is 2. The zero-order chi connectivity index (χ0) is 20.5. The van der Waals surface area contributed by atoms with Crippen LogP contribution in [0.25, 0.3) is 0 Å². The van der Waals surface area contributed by atoms with Crippen LogP contribution in [0, 0.1) is 17.2 Å². The molecule has 6 nitrogen and oxygen atoms in total. The summed E-state index contributed by atoms with van der Waals surface area (Å²) >= 11 is 0. The van der Waals surface area contributed by atoms with Crippen LogP contribution >= 0.6 is 0 Å². The van der Waals surface area contributed by atoms with Crippen molar-refractivity contribution in [3.8, 4) is 11.8 Å². The number of hydrogen-bond donors (Lipinski definition) is 1. The molecule has 0 heterocycles. The summed E-state index contributed by atoms with van der Waals surface area (Å²) in [5.74, 6) is 0.00898. The first-order valence-corrected chi connectivity index (χ1v) is 9.12. The van der Waals surface area contributed by atoms with E-state index in [-0.39, 0.29) is 24.3 Å². The van der Waals surface area contributed by atoms with Gasteiger partial charge in [0.1, 0.15) is 11.8 Å². The molecule has 2 rings (SSSR count). The summed E-state index contributed by atoms with van der Waals surface area (Å²) in [5.41, 5.74) is 1.49. The van der Waals surface area contributed by atoms with E-state index in [0.717, 1.165) is 5.56 Å². The maximum Gasteiger partial charge on any atom is 0.258 e. The van der Waals surface area contributed by atoms with E-state index in [0.29, 0.717) is 17.9 Å². The second-order valence-electron chi connectivity index (χ2n) is 6.89. The molecule has 2 amide bonds.